The van der Waals surface area contributed by atoms with Crippen molar-refractivity contribution in [1.29, 1.82) is 0 Å². The average Bonchev–Trinajstić information content (AvgIpc) is 2.91. The largest absolute Gasteiger partial charge is 0.352 e. The fraction of sp³-hybridized carbons (Fsp3) is 0.571. The van der Waals surface area contributed by atoms with Crippen molar-refractivity contribution in [2.75, 3.05) is 13.1 Å². The van der Waals surface area contributed by atoms with Gasteiger partial charge in [0.15, 0.2) is 0 Å². The number of nitrogens with one attached hydrogen (secondary N) is 2. The van der Waals surface area contributed by atoms with Crippen LogP contribution in [-0.4, -0.2) is 30.9 Å². The minimum absolute atomic E-state index is 0. The molecule has 120 valence electrons. The van der Waals surface area contributed by atoms with Crippen LogP contribution in [0.15, 0.2) is 17.5 Å². The predicted molar refractivity (Wildman–Crippen MR) is 89.0 cm³/mol. The molecule has 7 heteroatoms. The molecule has 0 aliphatic rings. The summed E-state index contributed by atoms with van der Waals surface area (Å²) in [5.41, 5.74) is 5.63. The molecule has 2 amide bonds. The molecule has 0 aliphatic heterocycles. The van der Waals surface area contributed by atoms with E-state index in [1.165, 1.54) is 11.3 Å². The number of halogens is 1. The maximum absolute atomic E-state index is 11.7. The van der Waals surface area contributed by atoms with E-state index in [0.29, 0.717) is 23.9 Å². The first-order chi connectivity index (χ1) is 9.52. The number of hydrogen-bond donors (Lipinski definition) is 3. The quantitative estimate of drug-likeness (QED) is 0.678. The Kier molecular flexibility index (Phi) is 10.0. The molecule has 1 aromatic rings. The fourth-order valence-corrected chi connectivity index (χ4v) is 2.51. The molecule has 0 aliphatic carbocycles. The van der Waals surface area contributed by atoms with Gasteiger partial charge in [-0.1, -0.05) is 19.9 Å². The van der Waals surface area contributed by atoms with Crippen LogP contribution in [0.1, 0.15) is 36.4 Å². The first-order valence-electron chi connectivity index (χ1n) is 6.84. The molecule has 0 aromatic carbocycles. The second-order valence-electron chi connectivity index (χ2n) is 5.11. The zero-order chi connectivity index (χ0) is 15.0. The van der Waals surface area contributed by atoms with Crippen molar-refractivity contribution in [2.45, 2.75) is 32.7 Å². The number of hydrogen-bond acceptors (Lipinski definition) is 4. The Bertz CT molecular complexity index is 424. The molecule has 0 saturated carbocycles. The number of nitrogens with two attached hydrogens (primary N) is 1. The Labute approximate surface area is 136 Å². The Morgan fingerprint density at radius 1 is 1.38 bits per heavy atom. The molecule has 1 rings (SSSR count). The lowest BCUT2D eigenvalue weighted by Gasteiger charge is -2.18. The molecular formula is C14H24ClN3O2S. The van der Waals surface area contributed by atoms with Gasteiger partial charge in [-0.2, -0.15) is 0 Å². The van der Waals surface area contributed by atoms with Crippen LogP contribution < -0.4 is 16.4 Å². The third-order valence-electron chi connectivity index (χ3n) is 2.79. The molecule has 1 heterocycles. The van der Waals surface area contributed by atoms with Crippen LogP contribution >= 0.6 is 23.7 Å². The van der Waals surface area contributed by atoms with E-state index in [9.17, 15) is 9.59 Å². The third-order valence-corrected chi connectivity index (χ3v) is 3.66. The van der Waals surface area contributed by atoms with Crippen molar-refractivity contribution in [2.24, 2.45) is 11.7 Å². The maximum Gasteiger partial charge on any atom is 0.261 e. The summed E-state index contributed by atoms with van der Waals surface area (Å²) in [6.07, 6.45) is 1.13. The van der Waals surface area contributed by atoms with Gasteiger partial charge in [-0.3, -0.25) is 9.59 Å². The summed E-state index contributed by atoms with van der Waals surface area (Å²) >= 11 is 1.38. The van der Waals surface area contributed by atoms with Crippen molar-refractivity contribution in [3.63, 3.8) is 0 Å². The summed E-state index contributed by atoms with van der Waals surface area (Å²) in [6.45, 7) is 4.96. The van der Waals surface area contributed by atoms with Crippen molar-refractivity contribution in [3.05, 3.63) is 22.4 Å². The Balaban J connectivity index is 0.00000400. The van der Waals surface area contributed by atoms with Crippen LogP contribution in [0, 0.1) is 5.92 Å². The zero-order valence-corrected chi connectivity index (χ0v) is 14.1. The third kappa shape index (κ3) is 8.04. The molecule has 21 heavy (non-hydrogen) atoms. The predicted octanol–water partition coefficient (Wildman–Crippen LogP) is 1.78. The SMILES string of the molecule is CC(C)CC(CN)NC(=O)CCNC(=O)c1cccs1.Cl. The average molecular weight is 334 g/mol. The first kappa shape index (κ1) is 19.9. The van der Waals surface area contributed by atoms with E-state index >= 15 is 0 Å². The summed E-state index contributed by atoms with van der Waals surface area (Å²) in [5, 5.41) is 7.47. The van der Waals surface area contributed by atoms with Crippen molar-refractivity contribution >= 4 is 35.6 Å². The maximum atomic E-state index is 11.7. The molecule has 0 bridgehead atoms. The minimum Gasteiger partial charge on any atom is -0.352 e. The lowest BCUT2D eigenvalue weighted by atomic mass is 10.0. The second kappa shape index (κ2) is 10.6. The van der Waals surface area contributed by atoms with E-state index in [2.05, 4.69) is 24.5 Å². The number of rotatable bonds is 8. The summed E-state index contributed by atoms with van der Waals surface area (Å²) < 4.78 is 0. The van der Waals surface area contributed by atoms with E-state index in [0.717, 1.165) is 6.42 Å². The monoisotopic (exact) mass is 333 g/mol. The standard InChI is InChI=1S/C14H23N3O2S.ClH/c1-10(2)8-11(9-15)17-13(18)5-6-16-14(19)12-4-3-7-20-12;/h3-4,7,10-11H,5-6,8-9,15H2,1-2H3,(H,16,19)(H,17,18);1H. The number of carbonyl (C=O) groups excluding carboxylic acids is 2. The summed E-state index contributed by atoms with van der Waals surface area (Å²) in [7, 11) is 0. The topological polar surface area (TPSA) is 84.2 Å². The zero-order valence-electron chi connectivity index (χ0n) is 12.4. The normalized spacial score (nSPS) is 11.6. The van der Waals surface area contributed by atoms with Crippen LogP contribution in [0.3, 0.4) is 0 Å². The Morgan fingerprint density at radius 2 is 2.10 bits per heavy atom. The highest BCUT2D eigenvalue weighted by molar-refractivity contribution is 7.12. The van der Waals surface area contributed by atoms with Gasteiger partial charge in [0.2, 0.25) is 5.91 Å². The molecule has 0 fully saturated rings. The van der Waals surface area contributed by atoms with E-state index < -0.39 is 0 Å². The van der Waals surface area contributed by atoms with Gasteiger partial charge >= 0.3 is 0 Å². The smallest absolute Gasteiger partial charge is 0.261 e. The van der Waals surface area contributed by atoms with Gasteiger partial charge in [0.25, 0.3) is 5.91 Å². The summed E-state index contributed by atoms with van der Waals surface area (Å²) in [5.74, 6) is 0.278. The molecule has 1 atom stereocenters. The number of carbonyl (C=O) groups is 2. The second-order valence-corrected chi connectivity index (χ2v) is 6.06. The van der Waals surface area contributed by atoms with Crippen LogP contribution in [0.25, 0.3) is 0 Å². The lowest BCUT2D eigenvalue weighted by Crippen LogP contribution is -2.42. The first-order valence-corrected chi connectivity index (χ1v) is 7.72. The highest BCUT2D eigenvalue weighted by atomic mass is 35.5. The molecule has 4 N–H and O–H groups in total. The Morgan fingerprint density at radius 3 is 2.62 bits per heavy atom. The van der Waals surface area contributed by atoms with Gasteiger partial charge < -0.3 is 16.4 Å². The fourth-order valence-electron chi connectivity index (χ4n) is 1.87. The van der Waals surface area contributed by atoms with Gasteiger partial charge in [0, 0.05) is 25.6 Å². The van der Waals surface area contributed by atoms with Crippen LogP contribution in [-0.2, 0) is 4.79 Å². The lowest BCUT2D eigenvalue weighted by molar-refractivity contribution is -0.121. The van der Waals surface area contributed by atoms with Crippen LogP contribution in [0.5, 0.6) is 0 Å². The number of thiophene rings is 1. The molecular weight excluding hydrogens is 310 g/mol. The molecule has 1 unspecified atom stereocenters. The molecule has 5 nitrogen and oxygen atoms in total. The summed E-state index contributed by atoms with van der Waals surface area (Å²) in [4.78, 5) is 24.1. The Hall–Kier alpha value is -1.11. The van der Waals surface area contributed by atoms with Gasteiger partial charge in [0.05, 0.1) is 4.88 Å². The van der Waals surface area contributed by atoms with Crippen molar-refractivity contribution in [1.82, 2.24) is 10.6 Å². The highest BCUT2D eigenvalue weighted by Crippen LogP contribution is 2.07. The van der Waals surface area contributed by atoms with Gasteiger partial charge in [-0.25, -0.2) is 0 Å². The molecule has 0 radical (unpaired) electrons. The van der Waals surface area contributed by atoms with E-state index in [1.807, 2.05) is 11.4 Å². The highest BCUT2D eigenvalue weighted by Gasteiger charge is 2.12. The van der Waals surface area contributed by atoms with Crippen molar-refractivity contribution in [3.8, 4) is 0 Å². The van der Waals surface area contributed by atoms with Gasteiger partial charge in [-0.05, 0) is 23.8 Å². The van der Waals surface area contributed by atoms with E-state index in [-0.39, 0.29) is 36.7 Å². The minimum atomic E-state index is -0.134. The van der Waals surface area contributed by atoms with Crippen LogP contribution in [0.4, 0.5) is 0 Å². The molecule has 1 aromatic heterocycles. The van der Waals surface area contributed by atoms with Gasteiger partial charge in [-0.15, -0.1) is 23.7 Å². The van der Waals surface area contributed by atoms with Crippen LogP contribution in [0.2, 0.25) is 0 Å². The number of amides is 2. The van der Waals surface area contributed by atoms with E-state index in [1.54, 1.807) is 6.07 Å². The van der Waals surface area contributed by atoms with Gasteiger partial charge in [0.1, 0.15) is 0 Å². The van der Waals surface area contributed by atoms with Crippen molar-refractivity contribution < 1.29 is 9.59 Å². The molecule has 0 saturated heterocycles. The van der Waals surface area contributed by atoms with E-state index in [4.69, 9.17) is 5.73 Å². The summed E-state index contributed by atoms with van der Waals surface area (Å²) in [6, 6.07) is 3.59. The molecule has 0 spiro atoms.